The average Bonchev–Trinajstić information content (AvgIpc) is 2.84. The van der Waals surface area contributed by atoms with Gasteiger partial charge in [0.15, 0.2) is 0 Å². The second kappa shape index (κ2) is 4.52. The number of fused-ring (bicyclic) bond motifs is 1. The van der Waals surface area contributed by atoms with Crippen LogP contribution in [0, 0.1) is 13.8 Å². The summed E-state index contributed by atoms with van der Waals surface area (Å²) in [7, 11) is 0. The highest BCUT2D eigenvalue weighted by molar-refractivity contribution is 5.81. The summed E-state index contributed by atoms with van der Waals surface area (Å²) in [5.74, 6) is 0.568. The van der Waals surface area contributed by atoms with E-state index in [2.05, 4.69) is 4.98 Å². The first-order valence-electron chi connectivity index (χ1n) is 6.24. The summed E-state index contributed by atoms with van der Waals surface area (Å²) in [5.41, 5.74) is 3.68. The lowest BCUT2D eigenvalue weighted by Crippen LogP contribution is -2.00. The fraction of sp³-hybridized carbons (Fsp3) is 0.188. The van der Waals surface area contributed by atoms with Gasteiger partial charge in [0.05, 0.1) is 0 Å². The molecule has 0 fully saturated rings. The number of aryl methyl sites for hydroxylation is 2. The van der Waals surface area contributed by atoms with Crippen LogP contribution in [0.15, 0.2) is 47.1 Å². The molecule has 1 unspecified atom stereocenters. The van der Waals surface area contributed by atoms with E-state index < -0.39 is 6.10 Å². The van der Waals surface area contributed by atoms with E-state index in [4.69, 9.17) is 4.42 Å². The molecule has 0 spiro atoms. The highest BCUT2D eigenvalue weighted by Gasteiger charge is 2.17. The van der Waals surface area contributed by atoms with Crippen LogP contribution < -0.4 is 0 Å². The van der Waals surface area contributed by atoms with Crippen LogP contribution >= 0.6 is 0 Å². The molecule has 1 atom stereocenters. The van der Waals surface area contributed by atoms with Gasteiger partial charge in [-0.15, -0.1) is 0 Å². The van der Waals surface area contributed by atoms with E-state index in [0.717, 1.165) is 27.7 Å². The van der Waals surface area contributed by atoms with Crippen molar-refractivity contribution in [1.82, 2.24) is 4.98 Å². The molecule has 0 saturated heterocycles. The maximum Gasteiger partial charge on any atom is 0.138 e. The number of aliphatic hydroxyl groups excluding tert-OH is 1. The number of furan rings is 1. The maximum absolute atomic E-state index is 10.4. The van der Waals surface area contributed by atoms with Crippen molar-refractivity contribution >= 4 is 11.0 Å². The molecule has 3 nitrogen and oxygen atoms in total. The Labute approximate surface area is 111 Å². The summed E-state index contributed by atoms with van der Waals surface area (Å²) in [5, 5.41) is 11.5. The van der Waals surface area contributed by atoms with Crippen LogP contribution in [0.2, 0.25) is 0 Å². The molecule has 0 radical (unpaired) electrons. The second-order valence-electron chi connectivity index (χ2n) is 4.78. The van der Waals surface area contributed by atoms with Crippen molar-refractivity contribution in [2.24, 2.45) is 0 Å². The van der Waals surface area contributed by atoms with Gasteiger partial charge in [0.25, 0.3) is 0 Å². The van der Waals surface area contributed by atoms with E-state index >= 15 is 0 Å². The number of aliphatic hydroxyl groups is 1. The number of rotatable bonds is 2. The van der Waals surface area contributed by atoms with Gasteiger partial charge in [-0.05, 0) is 42.7 Å². The van der Waals surface area contributed by atoms with Crippen molar-refractivity contribution in [3.63, 3.8) is 0 Å². The number of nitrogens with zero attached hydrogens (tertiary/aromatic N) is 1. The molecule has 0 aliphatic heterocycles. The van der Waals surface area contributed by atoms with Crippen molar-refractivity contribution in [3.8, 4) is 0 Å². The molecule has 0 bridgehead atoms. The fourth-order valence-corrected chi connectivity index (χ4v) is 2.31. The third-order valence-electron chi connectivity index (χ3n) is 3.39. The normalized spacial score (nSPS) is 12.8. The molecule has 3 heteroatoms. The minimum absolute atomic E-state index is 0.568. The Kier molecular flexibility index (Phi) is 2.84. The van der Waals surface area contributed by atoms with Crippen LogP contribution in [-0.4, -0.2) is 10.1 Å². The summed E-state index contributed by atoms with van der Waals surface area (Å²) >= 11 is 0. The molecule has 1 N–H and O–H groups in total. The smallest absolute Gasteiger partial charge is 0.138 e. The van der Waals surface area contributed by atoms with Gasteiger partial charge in [0.2, 0.25) is 0 Å². The number of benzene rings is 1. The lowest BCUT2D eigenvalue weighted by atomic mass is 10.0. The van der Waals surface area contributed by atoms with Crippen LogP contribution in [-0.2, 0) is 0 Å². The number of hydrogen-bond donors (Lipinski definition) is 1. The molecule has 19 heavy (non-hydrogen) atoms. The van der Waals surface area contributed by atoms with E-state index in [1.165, 1.54) is 0 Å². The first-order chi connectivity index (χ1) is 9.16. The van der Waals surface area contributed by atoms with Gasteiger partial charge in [-0.25, -0.2) is 0 Å². The Morgan fingerprint density at radius 3 is 2.74 bits per heavy atom. The Hall–Kier alpha value is -2.13. The predicted molar refractivity (Wildman–Crippen MR) is 74.0 cm³/mol. The van der Waals surface area contributed by atoms with E-state index in [1.807, 2.05) is 44.2 Å². The molecule has 2 aromatic heterocycles. The van der Waals surface area contributed by atoms with Crippen LogP contribution in [0.3, 0.4) is 0 Å². The third kappa shape index (κ3) is 2.02. The van der Waals surface area contributed by atoms with Crippen LogP contribution in [0.1, 0.15) is 28.6 Å². The van der Waals surface area contributed by atoms with Crippen molar-refractivity contribution in [2.45, 2.75) is 20.0 Å². The minimum Gasteiger partial charge on any atom is -0.458 e. The maximum atomic E-state index is 10.4. The van der Waals surface area contributed by atoms with Crippen LogP contribution in [0.25, 0.3) is 11.0 Å². The summed E-state index contributed by atoms with van der Waals surface area (Å²) in [4.78, 5) is 4.04. The Balaban J connectivity index is 2.10. The second-order valence-corrected chi connectivity index (χ2v) is 4.78. The minimum atomic E-state index is -0.755. The molecule has 2 heterocycles. The van der Waals surface area contributed by atoms with E-state index in [9.17, 15) is 5.11 Å². The topological polar surface area (TPSA) is 46.3 Å². The molecular weight excluding hydrogens is 238 g/mol. The molecule has 96 valence electrons. The largest absolute Gasteiger partial charge is 0.458 e. The summed E-state index contributed by atoms with van der Waals surface area (Å²) in [6.45, 7) is 3.93. The first-order valence-corrected chi connectivity index (χ1v) is 6.24. The van der Waals surface area contributed by atoms with Gasteiger partial charge in [-0.2, -0.15) is 0 Å². The average molecular weight is 253 g/mol. The first kappa shape index (κ1) is 11.9. The zero-order valence-corrected chi connectivity index (χ0v) is 10.9. The molecule has 0 aliphatic rings. The monoisotopic (exact) mass is 253 g/mol. The highest BCUT2D eigenvalue weighted by atomic mass is 16.4. The van der Waals surface area contributed by atoms with Crippen molar-refractivity contribution < 1.29 is 9.52 Å². The molecule has 3 aromatic rings. The van der Waals surface area contributed by atoms with Gasteiger partial charge >= 0.3 is 0 Å². The molecule has 0 saturated carbocycles. The van der Waals surface area contributed by atoms with Crippen molar-refractivity contribution in [3.05, 3.63) is 65.2 Å². The summed E-state index contributed by atoms with van der Waals surface area (Å²) in [6.07, 6.45) is 2.67. The lowest BCUT2D eigenvalue weighted by molar-refractivity contribution is 0.191. The quantitative estimate of drug-likeness (QED) is 0.760. The third-order valence-corrected chi connectivity index (χ3v) is 3.39. The Morgan fingerprint density at radius 2 is 2.00 bits per heavy atom. The summed E-state index contributed by atoms with van der Waals surface area (Å²) < 4.78 is 5.80. The number of aromatic nitrogens is 1. The van der Waals surface area contributed by atoms with E-state index in [0.29, 0.717) is 5.76 Å². The Morgan fingerprint density at radius 1 is 1.16 bits per heavy atom. The molecule has 1 aromatic carbocycles. The lowest BCUT2D eigenvalue weighted by Gasteiger charge is -2.10. The predicted octanol–water partition coefficient (Wildman–Crippen LogP) is 3.53. The number of para-hydroxylation sites is 1. The van der Waals surface area contributed by atoms with Gasteiger partial charge in [0, 0.05) is 17.8 Å². The van der Waals surface area contributed by atoms with Gasteiger partial charge in [0.1, 0.15) is 17.4 Å². The molecule has 0 aliphatic carbocycles. The molecule has 3 rings (SSSR count). The van der Waals surface area contributed by atoms with Gasteiger partial charge in [-0.3, -0.25) is 4.98 Å². The van der Waals surface area contributed by atoms with Crippen LogP contribution in [0.5, 0.6) is 0 Å². The van der Waals surface area contributed by atoms with Crippen molar-refractivity contribution in [2.75, 3.05) is 0 Å². The van der Waals surface area contributed by atoms with Gasteiger partial charge in [-0.1, -0.05) is 18.2 Å². The standard InChI is InChI=1S/C16H15NO2/c1-10-4-3-5-12-8-14(19-16(10)12)15(18)13-6-7-17-9-11(13)2/h3-9,15,18H,1-2H3. The van der Waals surface area contributed by atoms with E-state index in [1.54, 1.807) is 12.4 Å². The number of pyridine rings is 1. The van der Waals surface area contributed by atoms with Crippen molar-refractivity contribution in [1.29, 1.82) is 0 Å². The molecular formula is C16H15NO2. The summed E-state index contributed by atoms with van der Waals surface area (Å²) in [6, 6.07) is 9.69. The van der Waals surface area contributed by atoms with Gasteiger partial charge < -0.3 is 9.52 Å². The SMILES string of the molecule is Cc1cnccc1C(O)c1cc2cccc(C)c2o1. The van der Waals surface area contributed by atoms with E-state index in [-0.39, 0.29) is 0 Å². The zero-order chi connectivity index (χ0) is 13.4. The van der Waals surface area contributed by atoms with Crippen LogP contribution in [0.4, 0.5) is 0 Å². The zero-order valence-electron chi connectivity index (χ0n) is 10.9. The number of hydrogen-bond acceptors (Lipinski definition) is 3. The highest BCUT2D eigenvalue weighted by Crippen LogP contribution is 2.30. The fourth-order valence-electron chi connectivity index (χ4n) is 2.31. The molecule has 0 amide bonds. The Bertz CT molecular complexity index is 730.